The molecule has 0 unspecified atom stereocenters. The van der Waals surface area contributed by atoms with Crippen molar-refractivity contribution >= 4 is 0 Å². The Kier molecular flexibility index (Phi) is 23.1. The molecule has 0 aromatic heterocycles. The maximum Gasteiger partial charge on any atom is 0.127 e. The molecule has 0 saturated carbocycles. The van der Waals surface area contributed by atoms with Gasteiger partial charge in [-0.25, -0.2) is 0 Å². The predicted octanol–water partition coefficient (Wildman–Crippen LogP) is 10.5. The van der Waals surface area contributed by atoms with Gasteiger partial charge in [-0.1, -0.05) is 116 Å². The summed E-state index contributed by atoms with van der Waals surface area (Å²) in [6.45, 7) is 8.96. The van der Waals surface area contributed by atoms with E-state index in [2.05, 4.69) is 88.5 Å². The minimum Gasteiger partial charge on any atom is -0.457 e. The summed E-state index contributed by atoms with van der Waals surface area (Å²) >= 11 is 0. The fourth-order valence-electron chi connectivity index (χ4n) is 2.97. The maximum atomic E-state index is 6.32. The molecule has 0 aromatic carbocycles. The Bertz CT molecular complexity index is 507. The molecule has 0 saturated heterocycles. The van der Waals surface area contributed by atoms with Crippen molar-refractivity contribution in [2.45, 2.75) is 118 Å². The molecule has 0 heterocycles. The van der Waals surface area contributed by atoms with Gasteiger partial charge in [-0.15, -0.1) is 0 Å². The van der Waals surface area contributed by atoms with Gasteiger partial charge in [0.2, 0.25) is 0 Å². The first-order valence-corrected chi connectivity index (χ1v) is 13.0. The van der Waals surface area contributed by atoms with Gasteiger partial charge in [-0.05, 0) is 62.8 Å². The largest absolute Gasteiger partial charge is 0.457 e. The van der Waals surface area contributed by atoms with Crippen molar-refractivity contribution in [2.75, 3.05) is 0 Å². The Morgan fingerprint density at radius 1 is 0.484 bits per heavy atom. The lowest BCUT2D eigenvalue weighted by atomic mass is 10.2. The number of rotatable bonds is 20. The molecule has 0 spiro atoms. The van der Waals surface area contributed by atoms with E-state index in [0.29, 0.717) is 0 Å². The smallest absolute Gasteiger partial charge is 0.127 e. The summed E-state index contributed by atoms with van der Waals surface area (Å²) in [6, 6.07) is 0. The molecule has 0 aliphatic rings. The predicted molar refractivity (Wildman–Crippen MR) is 141 cm³/mol. The highest BCUT2D eigenvalue weighted by molar-refractivity contribution is 5.26. The second-order valence-electron chi connectivity index (χ2n) is 8.18. The molecule has 0 aromatic rings. The molecule has 31 heavy (non-hydrogen) atoms. The highest BCUT2D eigenvalue weighted by atomic mass is 16.5. The van der Waals surface area contributed by atoms with Crippen molar-refractivity contribution in [2.24, 2.45) is 0 Å². The van der Waals surface area contributed by atoms with E-state index in [4.69, 9.17) is 4.74 Å². The van der Waals surface area contributed by atoms with Crippen molar-refractivity contribution in [3.63, 3.8) is 0 Å². The highest BCUT2D eigenvalue weighted by Gasteiger charge is 1.97. The SMILES string of the molecule is CCCCC=CC=C(C=CCCCCC)OC(C=CCCCCC)=CC=CCCCC. The molecular weight excluding hydrogens is 376 g/mol. The van der Waals surface area contributed by atoms with E-state index < -0.39 is 0 Å². The summed E-state index contributed by atoms with van der Waals surface area (Å²) in [5, 5.41) is 0. The van der Waals surface area contributed by atoms with Crippen molar-refractivity contribution < 1.29 is 4.74 Å². The zero-order chi connectivity index (χ0) is 22.8. The Morgan fingerprint density at radius 2 is 0.871 bits per heavy atom. The monoisotopic (exact) mass is 426 g/mol. The zero-order valence-electron chi connectivity index (χ0n) is 21.1. The van der Waals surface area contributed by atoms with E-state index in [1.807, 2.05) is 0 Å². The number of hydrogen-bond acceptors (Lipinski definition) is 1. The molecule has 1 nitrogen and oxygen atoms in total. The van der Waals surface area contributed by atoms with Crippen LogP contribution in [-0.2, 0) is 4.74 Å². The summed E-state index contributed by atoms with van der Waals surface area (Å²) in [4.78, 5) is 0. The first-order valence-electron chi connectivity index (χ1n) is 13.0. The van der Waals surface area contributed by atoms with Crippen LogP contribution in [0.5, 0.6) is 0 Å². The summed E-state index contributed by atoms with van der Waals surface area (Å²) in [5.74, 6) is 1.83. The van der Waals surface area contributed by atoms with Crippen molar-refractivity contribution in [3.8, 4) is 0 Å². The quantitative estimate of drug-likeness (QED) is 0.107. The fourth-order valence-corrected chi connectivity index (χ4v) is 2.97. The number of hydrogen-bond donors (Lipinski definition) is 0. The number of ether oxygens (including phenoxy) is 1. The van der Waals surface area contributed by atoms with Gasteiger partial charge in [-0.2, -0.15) is 0 Å². The van der Waals surface area contributed by atoms with Crippen LogP contribution >= 0.6 is 0 Å². The van der Waals surface area contributed by atoms with Gasteiger partial charge in [-0.3, -0.25) is 0 Å². The van der Waals surface area contributed by atoms with Gasteiger partial charge in [0.15, 0.2) is 0 Å². The molecule has 0 N–H and O–H groups in total. The first-order chi connectivity index (χ1) is 15.3. The summed E-state index contributed by atoms with van der Waals surface area (Å²) in [5.41, 5.74) is 0. The molecule has 0 amide bonds. The van der Waals surface area contributed by atoms with Gasteiger partial charge >= 0.3 is 0 Å². The third-order valence-electron chi connectivity index (χ3n) is 4.99. The Balaban J connectivity index is 5.23. The number of allylic oxidation sites excluding steroid dienone is 10. The van der Waals surface area contributed by atoms with Crippen LogP contribution in [0.25, 0.3) is 0 Å². The van der Waals surface area contributed by atoms with Crippen LogP contribution in [0.3, 0.4) is 0 Å². The topological polar surface area (TPSA) is 9.23 Å². The van der Waals surface area contributed by atoms with Gasteiger partial charge in [0, 0.05) is 0 Å². The molecule has 176 valence electrons. The van der Waals surface area contributed by atoms with Crippen LogP contribution in [0.15, 0.2) is 72.3 Å². The first kappa shape index (κ1) is 29.2. The lowest BCUT2D eigenvalue weighted by Gasteiger charge is -2.07. The van der Waals surface area contributed by atoms with Crippen LogP contribution < -0.4 is 0 Å². The van der Waals surface area contributed by atoms with Crippen LogP contribution in [0.1, 0.15) is 118 Å². The molecule has 0 atom stereocenters. The molecular formula is C30H50O. The van der Waals surface area contributed by atoms with Crippen LogP contribution in [0.4, 0.5) is 0 Å². The minimum absolute atomic E-state index is 0.913. The molecule has 0 bridgehead atoms. The van der Waals surface area contributed by atoms with Gasteiger partial charge in [0.25, 0.3) is 0 Å². The summed E-state index contributed by atoms with van der Waals surface area (Å²) in [6.07, 6.45) is 38.7. The summed E-state index contributed by atoms with van der Waals surface area (Å²) < 4.78 is 6.32. The normalized spacial score (nSPS) is 13.5. The third-order valence-corrected chi connectivity index (χ3v) is 4.99. The second-order valence-corrected chi connectivity index (χ2v) is 8.18. The molecule has 0 fully saturated rings. The Labute approximate surface area is 194 Å². The molecule has 1 heteroatoms. The zero-order valence-corrected chi connectivity index (χ0v) is 21.1. The third kappa shape index (κ3) is 21.3. The average molecular weight is 427 g/mol. The van der Waals surface area contributed by atoms with Crippen molar-refractivity contribution in [3.05, 3.63) is 72.3 Å². The van der Waals surface area contributed by atoms with E-state index >= 15 is 0 Å². The number of unbranched alkanes of at least 4 members (excludes halogenated alkanes) is 10. The van der Waals surface area contributed by atoms with E-state index in [1.165, 1.54) is 64.2 Å². The van der Waals surface area contributed by atoms with Gasteiger partial charge in [0.1, 0.15) is 11.5 Å². The van der Waals surface area contributed by atoms with Crippen LogP contribution in [0, 0.1) is 0 Å². The lowest BCUT2D eigenvalue weighted by molar-refractivity contribution is 0.336. The molecule has 0 aliphatic carbocycles. The maximum absolute atomic E-state index is 6.32. The molecule has 0 radical (unpaired) electrons. The van der Waals surface area contributed by atoms with Crippen molar-refractivity contribution in [1.82, 2.24) is 0 Å². The Morgan fingerprint density at radius 3 is 1.26 bits per heavy atom. The van der Waals surface area contributed by atoms with Crippen LogP contribution in [0.2, 0.25) is 0 Å². The van der Waals surface area contributed by atoms with E-state index in [9.17, 15) is 0 Å². The van der Waals surface area contributed by atoms with Crippen molar-refractivity contribution in [1.29, 1.82) is 0 Å². The molecule has 0 rings (SSSR count). The van der Waals surface area contributed by atoms with E-state index in [-0.39, 0.29) is 0 Å². The lowest BCUT2D eigenvalue weighted by Crippen LogP contribution is -1.89. The standard InChI is InChI=1S/C30H50O/c1-5-9-13-17-21-25-29(26-22-18-14-10-6-2)31-30(27-23-19-15-11-7-3)28-24-20-16-12-8-4/h17,19,21-28H,5-16,18,20H2,1-4H3. The second kappa shape index (κ2) is 24.5. The van der Waals surface area contributed by atoms with Gasteiger partial charge < -0.3 is 4.74 Å². The highest BCUT2D eigenvalue weighted by Crippen LogP contribution is 2.14. The van der Waals surface area contributed by atoms with Crippen LogP contribution in [-0.4, -0.2) is 0 Å². The van der Waals surface area contributed by atoms with E-state index in [0.717, 1.165) is 37.2 Å². The fraction of sp³-hybridized carbons (Fsp3) is 0.600. The van der Waals surface area contributed by atoms with Gasteiger partial charge in [0.05, 0.1) is 0 Å². The van der Waals surface area contributed by atoms with E-state index in [1.54, 1.807) is 0 Å². The minimum atomic E-state index is 0.913. The Hall–Kier alpha value is -1.76. The molecule has 0 aliphatic heterocycles. The average Bonchev–Trinajstić information content (AvgIpc) is 2.77. The summed E-state index contributed by atoms with van der Waals surface area (Å²) in [7, 11) is 0.